The third kappa shape index (κ3) is 4.51. The molecule has 0 aliphatic heterocycles. The van der Waals surface area contributed by atoms with Crippen molar-refractivity contribution in [2.45, 2.75) is 53.0 Å². The molecule has 1 amide bonds. The van der Waals surface area contributed by atoms with Crippen molar-refractivity contribution in [3.05, 3.63) is 24.0 Å². The molecule has 1 heterocycles. The van der Waals surface area contributed by atoms with E-state index in [0.29, 0.717) is 11.5 Å². The summed E-state index contributed by atoms with van der Waals surface area (Å²) in [5.74, 6) is 0.498. The fourth-order valence-corrected chi connectivity index (χ4v) is 2.39. The van der Waals surface area contributed by atoms with Crippen LogP contribution in [0.5, 0.6) is 0 Å². The van der Waals surface area contributed by atoms with Crippen molar-refractivity contribution in [2.24, 2.45) is 5.92 Å². The molecule has 0 bridgehead atoms. The lowest BCUT2D eigenvalue weighted by molar-refractivity contribution is 0.0926. The van der Waals surface area contributed by atoms with E-state index in [2.05, 4.69) is 43.3 Å². The molecular formula is C16H27N3O. The molecule has 112 valence electrons. The Balaban J connectivity index is 2.76. The fourth-order valence-electron chi connectivity index (χ4n) is 2.39. The van der Waals surface area contributed by atoms with Crippen LogP contribution >= 0.6 is 0 Å². The van der Waals surface area contributed by atoms with Gasteiger partial charge in [-0.1, -0.05) is 33.6 Å². The van der Waals surface area contributed by atoms with Crippen molar-refractivity contribution < 1.29 is 4.79 Å². The molecule has 1 aromatic rings. The highest BCUT2D eigenvalue weighted by Crippen LogP contribution is 2.16. The minimum atomic E-state index is -0.0228. The standard InChI is InChI=1S/C16H27N3O/c1-5-9-18-15-11-17-10-8-14(15)16(20)19-12(4)13(6-2)7-3/h8,10-13,18H,5-7,9H2,1-4H3,(H,19,20). The zero-order valence-electron chi connectivity index (χ0n) is 13.1. The van der Waals surface area contributed by atoms with Gasteiger partial charge in [-0.25, -0.2) is 0 Å². The Morgan fingerprint density at radius 3 is 2.60 bits per heavy atom. The van der Waals surface area contributed by atoms with Gasteiger partial charge >= 0.3 is 0 Å². The molecule has 0 aliphatic carbocycles. The van der Waals surface area contributed by atoms with E-state index >= 15 is 0 Å². The number of nitrogens with one attached hydrogen (secondary N) is 2. The van der Waals surface area contributed by atoms with Crippen molar-refractivity contribution in [1.29, 1.82) is 0 Å². The molecule has 0 saturated heterocycles. The zero-order valence-corrected chi connectivity index (χ0v) is 13.1. The molecule has 1 rings (SSSR count). The summed E-state index contributed by atoms with van der Waals surface area (Å²) in [6, 6.07) is 1.96. The molecule has 1 atom stereocenters. The number of amides is 1. The first-order chi connectivity index (χ1) is 9.63. The van der Waals surface area contributed by atoms with Crippen molar-refractivity contribution in [3.63, 3.8) is 0 Å². The summed E-state index contributed by atoms with van der Waals surface area (Å²) < 4.78 is 0. The molecule has 0 aromatic carbocycles. The van der Waals surface area contributed by atoms with Crippen LogP contribution in [0.25, 0.3) is 0 Å². The highest BCUT2D eigenvalue weighted by atomic mass is 16.1. The number of carbonyl (C=O) groups excluding carboxylic acids is 1. The van der Waals surface area contributed by atoms with E-state index in [1.54, 1.807) is 18.5 Å². The second kappa shape index (κ2) is 8.56. The summed E-state index contributed by atoms with van der Waals surface area (Å²) in [7, 11) is 0. The lowest BCUT2D eigenvalue weighted by Gasteiger charge is -2.23. The number of rotatable bonds is 8. The maximum absolute atomic E-state index is 12.4. The average Bonchev–Trinajstić information content (AvgIpc) is 2.46. The third-order valence-electron chi connectivity index (χ3n) is 3.75. The summed E-state index contributed by atoms with van der Waals surface area (Å²) in [6.45, 7) is 9.34. The van der Waals surface area contributed by atoms with Crippen molar-refractivity contribution in [1.82, 2.24) is 10.3 Å². The second-order valence-electron chi connectivity index (χ2n) is 5.19. The molecule has 1 unspecified atom stereocenters. The molecule has 20 heavy (non-hydrogen) atoms. The van der Waals surface area contributed by atoms with Gasteiger partial charge < -0.3 is 10.6 Å². The van der Waals surface area contributed by atoms with E-state index < -0.39 is 0 Å². The minimum absolute atomic E-state index is 0.0228. The van der Waals surface area contributed by atoms with E-state index in [9.17, 15) is 4.79 Å². The van der Waals surface area contributed by atoms with Crippen LogP contribution in [0.4, 0.5) is 5.69 Å². The number of pyridine rings is 1. The van der Waals surface area contributed by atoms with Crippen molar-refractivity contribution in [2.75, 3.05) is 11.9 Å². The van der Waals surface area contributed by atoms with Gasteiger partial charge in [0.15, 0.2) is 0 Å². The van der Waals surface area contributed by atoms with Gasteiger partial charge in [0.2, 0.25) is 0 Å². The van der Waals surface area contributed by atoms with Crippen LogP contribution in [0.2, 0.25) is 0 Å². The Kier molecular flexibility index (Phi) is 7.05. The molecule has 0 fully saturated rings. The smallest absolute Gasteiger partial charge is 0.253 e. The molecule has 0 aliphatic rings. The summed E-state index contributed by atoms with van der Waals surface area (Å²) >= 11 is 0. The number of carbonyl (C=O) groups is 1. The molecule has 0 spiro atoms. The first kappa shape index (κ1) is 16.5. The van der Waals surface area contributed by atoms with Gasteiger partial charge in [-0.2, -0.15) is 0 Å². The number of anilines is 1. The maximum atomic E-state index is 12.4. The van der Waals surface area contributed by atoms with Gasteiger partial charge in [-0.3, -0.25) is 9.78 Å². The Bertz CT molecular complexity index is 416. The third-order valence-corrected chi connectivity index (χ3v) is 3.75. The predicted molar refractivity (Wildman–Crippen MR) is 84.0 cm³/mol. The largest absolute Gasteiger partial charge is 0.383 e. The Morgan fingerprint density at radius 1 is 1.30 bits per heavy atom. The fraction of sp³-hybridized carbons (Fsp3) is 0.625. The predicted octanol–water partition coefficient (Wildman–Crippen LogP) is 3.46. The van der Waals surface area contributed by atoms with Crippen LogP contribution in [0.1, 0.15) is 57.3 Å². The molecular weight excluding hydrogens is 250 g/mol. The quantitative estimate of drug-likeness (QED) is 0.765. The number of aromatic nitrogens is 1. The molecule has 0 saturated carbocycles. The summed E-state index contributed by atoms with van der Waals surface area (Å²) in [5.41, 5.74) is 1.48. The van der Waals surface area contributed by atoms with Gasteiger partial charge in [0.25, 0.3) is 5.91 Å². The van der Waals surface area contributed by atoms with Crippen molar-refractivity contribution >= 4 is 11.6 Å². The van der Waals surface area contributed by atoms with Crippen molar-refractivity contribution in [3.8, 4) is 0 Å². The van der Waals surface area contributed by atoms with Gasteiger partial charge in [0.05, 0.1) is 17.4 Å². The molecule has 4 heteroatoms. The molecule has 1 aromatic heterocycles. The van der Waals surface area contributed by atoms with E-state index in [4.69, 9.17) is 0 Å². The molecule has 2 N–H and O–H groups in total. The zero-order chi connectivity index (χ0) is 15.0. The van der Waals surface area contributed by atoms with E-state index in [1.165, 1.54) is 0 Å². The van der Waals surface area contributed by atoms with Crippen LogP contribution in [-0.2, 0) is 0 Å². The number of nitrogens with zero attached hydrogens (tertiary/aromatic N) is 1. The van der Waals surface area contributed by atoms with Crippen LogP contribution in [0.3, 0.4) is 0 Å². The van der Waals surface area contributed by atoms with Gasteiger partial charge in [0, 0.05) is 18.8 Å². The topological polar surface area (TPSA) is 54.0 Å². The minimum Gasteiger partial charge on any atom is -0.383 e. The first-order valence-electron chi connectivity index (χ1n) is 7.62. The highest BCUT2D eigenvalue weighted by Gasteiger charge is 2.18. The lowest BCUT2D eigenvalue weighted by atomic mass is 9.95. The highest BCUT2D eigenvalue weighted by molar-refractivity contribution is 5.99. The van der Waals surface area contributed by atoms with Crippen LogP contribution in [-0.4, -0.2) is 23.5 Å². The Morgan fingerprint density at radius 2 is 2.00 bits per heavy atom. The van der Waals surface area contributed by atoms with Gasteiger partial charge in [-0.05, 0) is 25.3 Å². The number of hydrogen-bond donors (Lipinski definition) is 2. The Hall–Kier alpha value is -1.58. The molecule has 0 radical (unpaired) electrons. The van der Waals surface area contributed by atoms with Crippen LogP contribution in [0, 0.1) is 5.92 Å². The SMILES string of the molecule is CCCNc1cnccc1C(=O)NC(C)C(CC)CC. The van der Waals surface area contributed by atoms with Gasteiger partial charge in [-0.15, -0.1) is 0 Å². The van der Waals surface area contributed by atoms with E-state index in [0.717, 1.165) is 31.5 Å². The first-order valence-corrected chi connectivity index (χ1v) is 7.62. The van der Waals surface area contributed by atoms with Crippen LogP contribution < -0.4 is 10.6 Å². The normalized spacial score (nSPS) is 12.2. The van der Waals surface area contributed by atoms with Gasteiger partial charge in [0.1, 0.15) is 0 Å². The maximum Gasteiger partial charge on any atom is 0.253 e. The lowest BCUT2D eigenvalue weighted by Crippen LogP contribution is -2.38. The van der Waals surface area contributed by atoms with Crippen LogP contribution in [0.15, 0.2) is 18.5 Å². The molecule has 4 nitrogen and oxygen atoms in total. The summed E-state index contributed by atoms with van der Waals surface area (Å²) in [5, 5.41) is 6.36. The summed E-state index contributed by atoms with van der Waals surface area (Å²) in [4.78, 5) is 16.5. The Labute approximate surface area is 122 Å². The second-order valence-corrected chi connectivity index (χ2v) is 5.19. The average molecular weight is 277 g/mol. The number of hydrogen-bond acceptors (Lipinski definition) is 3. The van der Waals surface area contributed by atoms with E-state index in [-0.39, 0.29) is 11.9 Å². The summed E-state index contributed by atoms with van der Waals surface area (Å²) in [6.07, 6.45) is 6.55. The van der Waals surface area contributed by atoms with E-state index in [1.807, 2.05) is 0 Å². The monoisotopic (exact) mass is 277 g/mol.